The zero-order chi connectivity index (χ0) is 28.5. The molecule has 0 nitrogen and oxygen atoms in total. The van der Waals surface area contributed by atoms with Crippen LogP contribution < -0.4 is 0 Å². The molecule has 0 aromatic heterocycles. The summed E-state index contributed by atoms with van der Waals surface area (Å²) >= 11 is 0. The van der Waals surface area contributed by atoms with E-state index in [4.69, 9.17) is 0 Å². The van der Waals surface area contributed by atoms with Crippen LogP contribution in [0, 0.1) is 5.92 Å². The quantitative estimate of drug-likeness (QED) is 0.0482. The number of hydrogen-bond acceptors (Lipinski definition) is 0. The number of hydrogen-bond donors (Lipinski definition) is 0. The number of unbranched alkanes of at least 4 members (excludes halogenated alkanes) is 21. The summed E-state index contributed by atoms with van der Waals surface area (Å²) < 4.78 is 0. The van der Waals surface area contributed by atoms with E-state index in [0.717, 1.165) is 6.42 Å². The third kappa shape index (κ3) is 28.3. The zero-order valence-corrected chi connectivity index (χ0v) is 27.5. The van der Waals surface area contributed by atoms with Crippen molar-refractivity contribution in [3.8, 4) is 0 Å². The lowest BCUT2D eigenvalue weighted by Gasteiger charge is -2.14. The lowest BCUT2D eigenvalue weighted by molar-refractivity contribution is 0.610. The molecule has 0 N–H and O–H groups in total. The molecule has 1 atom stereocenters. The highest BCUT2D eigenvalue weighted by Crippen LogP contribution is 2.23. The van der Waals surface area contributed by atoms with Crippen molar-refractivity contribution in [2.75, 3.05) is 0 Å². The lowest BCUT2D eigenvalue weighted by Crippen LogP contribution is -1.99. The van der Waals surface area contributed by atoms with Crippen molar-refractivity contribution in [1.29, 1.82) is 0 Å². The summed E-state index contributed by atoms with van der Waals surface area (Å²) in [5.41, 5.74) is 1.57. The average molecular weight is 541 g/mol. The van der Waals surface area contributed by atoms with Crippen LogP contribution in [0.15, 0.2) is 48.1 Å². The molecule has 0 bridgehead atoms. The third-order valence-corrected chi connectivity index (χ3v) is 8.02. The molecule has 0 aliphatic carbocycles. The van der Waals surface area contributed by atoms with E-state index in [9.17, 15) is 0 Å². The molecule has 0 heterocycles. The Labute approximate surface area is 248 Å². The van der Waals surface area contributed by atoms with Gasteiger partial charge in [-0.05, 0) is 63.4 Å². The van der Waals surface area contributed by atoms with E-state index in [2.05, 4.69) is 70.2 Å². The van der Waals surface area contributed by atoms with Crippen LogP contribution >= 0.6 is 0 Å². The Hall–Kier alpha value is -1.04. The van der Waals surface area contributed by atoms with E-state index in [1.165, 1.54) is 161 Å². The highest BCUT2D eigenvalue weighted by molar-refractivity contribution is 5.26. The normalized spacial score (nSPS) is 13.5. The van der Waals surface area contributed by atoms with Crippen LogP contribution in [0.3, 0.4) is 0 Å². The van der Waals surface area contributed by atoms with E-state index in [-0.39, 0.29) is 0 Å². The van der Waals surface area contributed by atoms with Gasteiger partial charge in [-0.1, -0.05) is 179 Å². The standard InChI is InChI=1S/C39H72/c1-5-9-13-17-20-22-25-29-33-37-39(36-32-28-24-21-18-14-10-6-2)38(34-30-26-16-12-8-4)35-31-27-23-19-15-11-7-3/h29,31-36,39H,5-28,30,37H2,1-4H3. The average Bonchev–Trinajstić information content (AvgIpc) is 2.95. The second kappa shape index (κ2) is 33.2. The van der Waals surface area contributed by atoms with Gasteiger partial charge in [0, 0.05) is 5.92 Å². The lowest BCUT2D eigenvalue weighted by atomic mass is 9.91. The SMILES string of the molecule is CCCCCCC=C(C=CCCCCCCC)C(C=CCCCCCCCC)CC=CCCCCCCCC. The molecule has 0 rings (SSSR count). The van der Waals surface area contributed by atoms with Crippen molar-refractivity contribution in [2.45, 2.75) is 195 Å². The minimum atomic E-state index is 0.536. The molecular formula is C39H72. The van der Waals surface area contributed by atoms with Crippen LogP contribution in [-0.4, -0.2) is 0 Å². The van der Waals surface area contributed by atoms with Gasteiger partial charge in [-0.15, -0.1) is 0 Å². The Bertz CT molecular complexity index is 575. The van der Waals surface area contributed by atoms with Crippen molar-refractivity contribution < 1.29 is 0 Å². The molecule has 0 radical (unpaired) electrons. The predicted molar refractivity (Wildman–Crippen MR) is 182 cm³/mol. The largest absolute Gasteiger partial charge is 0.0885 e. The fourth-order valence-electron chi connectivity index (χ4n) is 5.30. The molecule has 39 heavy (non-hydrogen) atoms. The van der Waals surface area contributed by atoms with Gasteiger partial charge in [0.05, 0.1) is 0 Å². The van der Waals surface area contributed by atoms with Gasteiger partial charge in [0.2, 0.25) is 0 Å². The second-order valence-electron chi connectivity index (χ2n) is 12.0. The Kier molecular flexibility index (Phi) is 32.3. The highest BCUT2D eigenvalue weighted by atomic mass is 14.1. The minimum absolute atomic E-state index is 0.536. The van der Waals surface area contributed by atoms with Gasteiger partial charge in [-0.2, -0.15) is 0 Å². The molecule has 0 saturated heterocycles. The summed E-state index contributed by atoms with van der Waals surface area (Å²) in [5, 5.41) is 0. The van der Waals surface area contributed by atoms with E-state index >= 15 is 0 Å². The van der Waals surface area contributed by atoms with Crippen molar-refractivity contribution in [2.24, 2.45) is 5.92 Å². The molecule has 1 unspecified atom stereocenters. The van der Waals surface area contributed by atoms with E-state index in [1.807, 2.05) is 0 Å². The van der Waals surface area contributed by atoms with Gasteiger partial charge in [0.25, 0.3) is 0 Å². The maximum atomic E-state index is 2.59. The Morgan fingerprint density at radius 2 is 0.821 bits per heavy atom. The first kappa shape index (κ1) is 38.0. The summed E-state index contributed by atoms with van der Waals surface area (Å²) in [6.45, 7) is 9.23. The van der Waals surface area contributed by atoms with Crippen molar-refractivity contribution in [3.05, 3.63) is 48.1 Å². The number of rotatable bonds is 30. The van der Waals surface area contributed by atoms with Gasteiger partial charge in [0.1, 0.15) is 0 Å². The first-order valence-corrected chi connectivity index (χ1v) is 18.0. The number of allylic oxidation sites excluding steroid dienone is 8. The Balaban J connectivity index is 5.07. The van der Waals surface area contributed by atoms with Gasteiger partial charge >= 0.3 is 0 Å². The zero-order valence-electron chi connectivity index (χ0n) is 27.5. The first-order valence-electron chi connectivity index (χ1n) is 18.0. The fourth-order valence-corrected chi connectivity index (χ4v) is 5.30. The smallest absolute Gasteiger partial charge is 0.00492 e. The molecule has 0 amide bonds. The maximum Gasteiger partial charge on any atom is 0.00492 e. The van der Waals surface area contributed by atoms with Gasteiger partial charge in [-0.3, -0.25) is 0 Å². The Morgan fingerprint density at radius 3 is 1.36 bits per heavy atom. The molecule has 0 spiro atoms. The molecule has 0 aliphatic rings. The molecule has 0 aromatic carbocycles. The van der Waals surface area contributed by atoms with Gasteiger partial charge in [-0.25, -0.2) is 0 Å². The predicted octanol–water partition coefficient (Wildman–Crippen LogP) is 14.4. The van der Waals surface area contributed by atoms with Gasteiger partial charge < -0.3 is 0 Å². The second-order valence-corrected chi connectivity index (χ2v) is 12.0. The third-order valence-electron chi connectivity index (χ3n) is 8.02. The van der Waals surface area contributed by atoms with Crippen LogP contribution in [0.1, 0.15) is 195 Å². The molecule has 0 heteroatoms. The summed E-state index contributed by atoms with van der Waals surface area (Å²) in [6, 6.07) is 0. The Morgan fingerprint density at radius 1 is 0.410 bits per heavy atom. The highest BCUT2D eigenvalue weighted by Gasteiger charge is 2.07. The van der Waals surface area contributed by atoms with E-state index in [0.29, 0.717) is 5.92 Å². The molecule has 0 saturated carbocycles. The van der Waals surface area contributed by atoms with Crippen LogP contribution in [0.25, 0.3) is 0 Å². The van der Waals surface area contributed by atoms with E-state index in [1.54, 1.807) is 5.57 Å². The molecule has 0 fully saturated rings. The molecule has 228 valence electrons. The summed E-state index contributed by atoms with van der Waals surface area (Å²) in [6.07, 6.45) is 52.7. The van der Waals surface area contributed by atoms with Crippen LogP contribution in [0.5, 0.6) is 0 Å². The van der Waals surface area contributed by atoms with Gasteiger partial charge in [0.15, 0.2) is 0 Å². The molecule has 0 aromatic rings. The monoisotopic (exact) mass is 541 g/mol. The van der Waals surface area contributed by atoms with E-state index < -0.39 is 0 Å². The minimum Gasteiger partial charge on any atom is -0.0885 e. The molecule has 0 aliphatic heterocycles. The summed E-state index contributed by atoms with van der Waals surface area (Å²) in [5.74, 6) is 0.536. The van der Waals surface area contributed by atoms with Crippen molar-refractivity contribution >= 4 is 0 Å². The first-order chi connectivity index (χ1) is 19.3. The fraction of sp³-hybridized carbons (Fsp3) is 0.795. The van der Waals surface area contributed by atoms with Crippen LogP contribution in [0.2, 0.25) is 0 Å². The van der Waals surface area contributed by atoms with Crippen LogP contribution in [-0.2, 0) is 0 Å². The summed E-state index contributed by atoms with van der Waals surface area (Å²) in [4.78, 5) is 0. The topological polar surface area (TPSA) is 0 Å². The molecular weight excluding hydrogens is 468 g/mol. The van der Waals surface area contributed by atoms with Crippen LogP contribution in [0.4, 0.5) is 0 Å². The maximum absolute atomic E-state index is 2.59. The summed E-state index contributed by atoms with van der Waals surface area (Å²) in [7, 11) is 0. The van der Waals surface area contributed by atoms with Crippen molar-refractivity contribution in [3.63, 3.8) is 0 Å². The van der Waals surface area contributed by atoms with Crippen molar-refractivity contribution in [1.82, 2.24) is 0 Å².